The number of thiazole rings is 1. The molecule has 1 saturated carbocycles. The minimum absolute atomic E-state index is 0.156. The first-order chi connectivity index (χ1) is 11.3. The van der Waals surface area contributed by atoms with Gasteiger partial charge in [-0.05, 0) is 57.2 Å². The van der Waals surface area contributed by atoms with E-state index >= 15 is 0 Å². The van der Waals surface area contributed by atoms with E-state index in [1.54, 1.807) is 11.3 Å². The van der Waals surface area contributed by atoms with Crippen LogP contribution in [0.25, 0.3) is 0 Å². The number of nitrogens with zero attached hydrogens (tertiary/aromatic N) is 2. The second kappa shape index (κ2) is 6.49. The summed E-state index contributed by atoms with van der Waals surface area (Å²) in [4.78, 5) is 19.8. The van der Waals surface area contributed by atoms with Crippen molar-refractivity contribution in [2.75, 3.05) is 26.2 Å². The molecular weight excluding hydrogens is 308 g/mol. The first-order valence-electron chi connectivity index (χ1n) is 8.89. The van der Waals surface area contributed by atoms with Crippen molar-refractivity contribution in [2.45, 2.75) is 44.7 Å². The van der Waals surface area contributed by atoms with Crippen molar-refractivity contribution in [2.24, 2.45) is 11.3 Å². The van der Waals surface area contributed by atoms with Gasteiger partial charge in [0.1, 0.15) is 5.01 Å². The summed E-state index contributed by atoms with van der Waals surface area (Å²) in [7, 11) is 0. The number of carbonyl (C=O) groups is 1. The van der Waals surface area contributed by atoms with E-state index in [1.165, 1.54) is 19.3 Å². The Morgan fingerprint density at radius 2 is 2.22 bits per heavy atom. The molecule has 3 aliphatic rings. The minimum atomic E-state index is 0.156. The zero-order valence-electron chi connectivity index (χ0n) is 13.6. The van der Waals surface area contributed by atoms with Crippen LogP contribution in [0.4, 0.5) is 0 Å². The zero-order chi connectivity index (χ0) is 15.7. The molecule has 2 saturated heterocycles. The lowest BCUT2D eigenvalue weighted by molar-refractivity contribution is -0.138. The molecule has 5 nitrogen and oxygen atoms in total. The highest BCUT2D eigenvalue weighted by atomic mass is 32.1. The molecule has 1 spiro atoms. The Balaban J connectivity index is 1.50. The van der Waals surface area contributed by atoms with Crippen LogP contribution >= 0.6 is 11.3 Å². The summed E-state index contributed by atoms with van der Waals surface area (Å²) in [5.74, 6) is 0.510. The number of hydrogen-bond acceptors (Lipinski definition) is 5. The van der Waals surface area contributed by atoms with Gasteiger partial charge in [0, 0.05) is 24.2 Å². The standard InChI is InChI=1S/C17H26N4OS/c22-16(13-2-1-5-19-11-13)21(12-15-20-8-9-23-15)14-10-17(14)3-6-18-7-4-17/h8-9,13-14,18-19H,1-7,10-12H2. The van der Waals surface area contributed by atoms with Gasteiger partial charge in [0.15, 0.2) is 0 Å². The second-order valence-corrected chi connectivity index (χ2v) is 8.25. The van der Waals surface area contributed by atoms with Crippen molar-refractivity contribution in [3.05, 3.63) is 16.6 Å². The Hall–Kier alpha value is -0.980. The molecule has 2 N–H and O–H groups in total. The predicted octanol–water partition coefficient (Wildman–Crippen LogP) is 1.61. The molecule has 126 valence electrons. The lowest BCUT2D eigenvalue weighted by Crippen LogP contribution is -2.45. The van der Waals surface area contributed by atoms with E-state index in [-0.39, 0.29) is 5.92 Å². The van der Waals surface area contributed by atoms with Crippen molar-refractivity contribution < 1.29 is 4.79 Å². The third kappa shape index (κ3) is 3.16. The van der Waals surface area contributed by atoms with Crippen molar-refractivity contribution in [3.63, 3.8) is 0 Å². The number of aromatic nitrogens is 1. The zero-order valence-corrected chi connectivity index (χ0v) is 14.4. The summed E-state index contributed by atoms with van der Waals surface area (Å²) in [5, 5.41) is 9.92. The average Bonchev–Trinajstić information content (AvgIpc) is 3.04. The summed E-state index contributed by atoms with van der Waals surface area (Å²) in [5.41, 5.74) is 0.389. The van der Waals surface area contributed by atoms with Crippen molar-refractivity contribution in [1.82, 2.24) is 20.5 Å². The second-order valence-electron chi connectivity index (χ2n) is 7.27. The third-order valence-corrected chi connectivity index (χ3v) is 6.60. The van der Waals surface area contributed by atoms with E-state index in [4.69, 9.17) is 0 Å². The summed E-state index contributed by atoms with van der Waals surface area (Å²) in [6, 6.07) is 0.433. The Kier molecular flexibility index (Phi) is 4.39. The van der Waals surface area contributed by atoms with Crippen LogP contribution < -0.4 is 10.6 Å². The number of nitrogens with one attached hydrogen (secondary N) is 2. The molecular formula is C17H26N4OS. The quantitative estimate of drug-likeness (QED) is 0.878. The number of rotatable bonds is 4. The third-order valence-electron chi connectivity index (χ3n) is 5.84. The largest absolute Gasteiger partial charge is 0.332 e. The predicted molar refractivity (Wildman–Crippen MR) is 91.2 cm³/mol. The van der Waals surface area contributed by atoms with Gasteiger partial charge in [-0.2, -0.15) is 0 Å². The van der Waals surface area contributed by atoms with Gasteiger partial charge in [-0.15, -0.1) is 11.3 Å². The number of carbonyl (C=O) groups excluding carboxylic acids is 1. The van der Waals surface area contributed by atoms with E-state index in [0.29, 0.717) is 23.9 Å². The van der Waals surface area contributed by atoms with Gasteiger partial charge in [0.2, 0.25) is 5.91 Å². The van der Waals surface area contributed by atoms with E-state index in [2.05, 4.69) is 20.5 Å². The highest BCUT2D eigenvalue weighted by Gasteiger charge is 2.58. The number of amides is 1. The first-order valence-corrected chi connectivity index (χ1v) is 9.77. The number of hydrogen-bond donors (Lipinski definition) is 2. The van der Waals surface area contributed by atoms with Crippen LogP contribution in [-0.4, -0.2) is 48.0 Å². The van der Waals surface area contributed by atoms with Gasteiger partial charge in [-0.3, -0.25) is 4.79 Å². The van der Waals surface area contributed by atoms with Gasteiger partial charge < -0.3 is 15.5 Å². The fraction of sp³-hybridized carbons (Fsp3) is 0.765. The smallest absolute Gasteiger partial charge is 0.227 e. The van der Waals surface area contributed by atoms with Crippen LogP contribution in [0.1, 0.15) is 37.1 Å². The van der Waals surface area contributed by atoms with E-state index in [0.717, 1.165) is 44.0 Å². The van der Waals surface area contributed by atoms with Crippen LogP contribution in [0.5, 0.6) is 0 Å². The van der Waals surface area contributed by atoms with Gasteiger partial charge in [0.25, 0.3) is 0 Å². The topological polar surface area (TPSA) is 57.3 Å². The normalized spacial score (nSPS) is 29.4. The molecule has 3 heterocycles. The molecule has 2 aliphatic heterocycles. The SMILES string of the molecule is O=C(C1CCCNC1)N(Cc1nccs1)C1CC12CCNCC2. The molecule has 1 aromatic heterocycles. The Morgan fingerprint density at radius 3 is 2.91 bits per heavy atom. The Morgan fingerprint density at radius 1 is 1.35 bits per heavy atom. The molecule has 6 heteroatoms. The van der Waals surface area contributed by atoms with Gasteiger partial charge in [-0.25, -0.2) is 4.98 Å². The van der Waals surface area contributed by atoms with Gasteiger partial charge >= 0.3 is 0 Å². The van der Waals surface area contributed by atoms with Crippen molar-refractivity contribution in [3.8, 4) is 0 Å². The molecule has 0 radical (unpaired) electrons. The maximum Gasteiger partial charge on any atom is 0.227 e. The van der Waals surface area contributed by atoms with Crippen molar-refractivity contribution >= 4 is 17.2 Å². The van der Waals surface area contributed by atoms with Crippen molar-refractivity contribution in [1.29, 1.82) is 0 Å². The average molecular weight is 334 g/mol. The highest BCUT2D eigenvalue weighted by molar-refractivity contribution is 7.09. The van der Waals surface area contributed by atoms with Gasteiger partial charge in [-0.1, -0.05) is 0 Å². The number of piperidine rings is 2. The molecule has 1 aliphatic carbocycles. The maximum atomic E-state index is 13.2. The summed E-state index contributed by atoms with van der Waals surface area (Å²) >= 11 is 1.66. The minimum Gasteiger partial charge on any atom is -0.332 e. The molecule has 2 unspecified atom stereocenters. The first kappa shape index (κ1) is 15.5. The fourth-order valence-corrected chi connectivity index (χ4v) is 4.96. The van der Waals surface area contributed by atoms with E-state index in [9.17, 15) is 4.79 Å². The molecule has 0 bridgehead atoms. The molecule has 4 rings (SSSR count). The van der Waals surface area contributed by atoms with E-state index in [1.807, 2.05) is 11.6 Å². The van der Waals surface area contributed by atoms with Crippen LogP contribution in [0.15, 0.2) is 11.6 Å². The summed E-state index contributed by atoms with van der Waals surface area (Å²) in [6.45, 7) is 4.79. The van der Waals surface area contributed by atoms with E-state index < -0.39 is 0 Å². The van der Waals surface area contributed by atoms with Crippen LogP contribution in [0, 0.1) is 11.3 Å². The van der Waals surface area contributed by atoms with Gasteiger partial charge in [0.05, 0.1) is 12.5 Å². The highest BCUT2D eigenvalue weighted by Crippen LogP contribution is 2.56. The summed E-state index contributed by atoms with van der Waals surface area (Å²) < 4.78 is 0. The molecule has 3 fully saturated rings. The molecule has 1 aromatic rings. The molecule has 1 amide bonds. The van der Waals surface area contributed by atoms with Crippen LogP contribution in [-0.2, 0) is 11.3 Å². The lowest BCUT2D eigenvalue weighted by Gasteiger charge is -2.33. The lowest BCUT2D eigenvalue weighted by atomic mass is 9.92. The fourth-order valence-electron chi connectivity index (χ4n) is 4.34. The summed E-state index contributed by atoms with van der Waals surface area (Å²) in [6.07, 6.45) is 7.59. The monoisotopic (exact) mass is 334 g/mol. The molecule has 23 heavy (non-hydrogen) atoms. The molecule has 2 atom stereocenters. The van der Waals surface area contributed by atoms with Crippen LogP contribution in [0.2, 0.25) is 0 Å². The Labute approximate surface area is 141 Å². The Bertz CT molecular complexity index is 535. The van der Waals surface area contributed by atoms with Crippen LogP contribution in [0.3, 0.4) is 0 Å². The molecule has 0 aromatic carbocycles. The maximum absolute atomic E-state index is 13.2.